The van der Waals surface area contributed by atoms with Gasteiger partial charge in [-0.15, -0.1) is 23.2 Å². The van der Waals surface area contributed by atoms with E-state index in [1.54, 1.807) is 0 Å². The molecular weight excluding hydrogens is 481 g/mol. The fraction of sp³-hybridized carbons (Fsp3) is 0.364. The second-order valence-electron chi connectivity index (χ2n) is 7.68. The first-order chi connectivity index (χ1) is 13.7. The molecule has 0 saturated heterocycles. The summed E-state index contributed by atoms with van der Waals surface area (Å²) in [7, 11) is 0. The third-order valence-electron chi connectivity index (χ3n) is 5.77. The zero-order chi connectivity index (χ0) is 20.9. The molecule has 0 aliphatic carbocycles. The van der Waals surface area contributed by atoms with Crippen LogP contribution in [0.5, 0.6) is 0 Å². The third-order valence-corrected chi connectivity index (χ3v) is 7.00. The number of benzene rings is 2. The summed E-state index contributed by atoms with van der Waals surface area (Å²) in [6.45, 7) is 4.24. The highest BCUT2D eigenvalue weighted by molar-refractivity contribution is 9.10. The molecule has 2 heterocycles. The minimum absolute atomic E-state index is 0.00224. The van der Waals surface area contributed by atoms with Gasteiger partial charge in [-0.25, -0.2) is 8.78 Å². The van der Waals surface area contributed by atoms with Crippen molar-refractivity contribution in [1.29, 1.82) is 0 Å². The van der Waals surface area contributed by atoms with E-state index in [0.29, 0.717) is 17.4 Å². The molecule has 0 spiro atoms. The highest BCUT2D eigenvalue weighted by Crippen LogP contribution is 2.44. The minimum Gasteiger partial charge on any atom is -0.357 e. The SMILES string of the molecule is CCC(Cl)(Cl)CN1C(C)Cc2c([nH]c3ccccc23)C1c1c(F)cc(Br)cc1F. The molecule has 2 nitrogen and oxygen atoms in total. The van der Waals surface area contributed by atoms with Gasteiger partial charge in [0.2, 0.25) is 0 Å². The van der Waals surface area contributed by atoms with Crippen molar-refractivity contribution in [3.05, 3.63) is 69.3 Å². The molecule has 154 valence electrons. The van der Waals surface area contributed by atoms with Crippen molar-refractivity contribution in [3.8, 4) is 0 Å². The number of aromatic amines is 1. The first kappa shape index (κ1) is 21.1. The zero-order valence-corrected chi connectivity index (χ0v) is 19.2. The van der Waals surface area contributed by atoms with Gasteiger partial charge in [0.05, 0.1) is 6.04 Å². The molecule has 4 rings (SSSR count). The highest BCUT2D eigenvalue weighted by atomic mass is 79.9. The van der Waals surface area contributed by atoms with Gasteiger partial charge in [0.15, 0.2) is 0 Å². The van der Waals surface area contributed by atoms with Gasteiger partial charge in [-0.3, -0.25) is 4.90 Å². The summed E-state index contributed by atoms with van der Waals surface area (Å²) in [6.07, 6.45) is 1.26. The summed E-state index contributed by atoms with van der Waals surface area (Å²) in [5.41, 5.74) is 2.84. The number of aromatic nitrogens is 1. The average Bonchev–Trinajstić information content (AvgIpc) is 3.01. The number of nitrogens with zero attached hydrogens (tertiary/aromatic N) is 1. The standard InChI is InChI=1S/C22H21BrCl2F2N2/c1-3-22(24,25)11-29-12(2)8-15-14-6-4-5-7-18(14)28-20(15)21(29)19-16(26)9-13(23)10-17(19)27/h4-7,9-10,12,21,28H,3,8,11H2,1-2H3. The number of nitrogens with one attached hydrogen (secondary N) is 1. The number of fused-ring (bicyclic) bond motifs is 3. The fourth-order valence-electron chi connectivity index (χ4n) is 4.26. The molecule has 7 heteroatoms. The molecule has 2 unspecified atom stereocenters. The first-order valence-electron chi connectivity index (χ1n) is 9.59. The van der Waals surface area contributed by atoms with Crippen molar-refractivity contribution < 1.29 is 8.78 Å². The molecule has 1 N–H and O–H groups in total. The molecule has 0 fully saturated rings. The number of para-hydroxylation sites is 1. The molecule has 2 aromatic carbocycles. The average molecular weight is 502 g/mol. The maximum absolute atomic E-state index is 15.1. The predicted molar refractivity (Wildman–Crippen MR) is 119 cm³/mol. The predicted octanol–water partition coefficient (Wildman–Crippen LogP) is 7.13. The Morgan fingerprint density at radius 3 is 2.52 bits per heavy atom. The lowest BCUT2D eigenvalue weighted by molar-refractivity contribution is 0.137. The number of rotatable bonds is 4. The van der Waals surface area contributed by atoms with Crippen molar-refractivity contribution >= 4 is 50.0 Å². The Bertz CT molecular complexity index is 1040. The number of hydrogen-bond acceptors (Lipinski definition) is 1. The van der Waals surface area contributed by atoms with E-state index < -0.39 is 22.0 Å². The lowest BCUT2D eigenvalue weighted by Crippen LogP contribution is -2.48. The Morgan fingerprint density at radius 2 is 1.86 bits per heavy atom. The molecule has 29 heavy (non-hydrogen) atoms. The maximum atomic E-state index is 15.1. The molecule has 1 aliphatic rings. The Labute approximate surface area is 187 Å². The first-order valence-corrected chi connectivity index (χ1v) is 11.1. The van der Waals surface area contributed by atoms with E-state index >= 15 is 8.78 Å². The van der Waals surface area contributed by atoms with Gasteiger partial charge in [0, 0.05) is 39.2 Å². The number of hydrogen-bond donors (Lipinski definition) is 1. The monoisotopic (exact) mass is 500 g/mol. The van der Waals surface area contributed by atoms with E-state index in [1.165, 1.54) is 12.1 Å². The van der Waals surface area contributed by atoms with E-state index in [9.17, 15) is 0 Å². The Hall–Kier alpha value is -1.14. The zero-order valence-electron chi connectivity index (χ0n) is 16.1. The van der Waals surface area contributed by atoms with Crippen LogP contribution >= 0.6 is 39.1 Å². The van der Waals surface area contributed by atoms with Gasteiger partial charge in [0.25, 0.3) is 0 Å². The smallest absolute Gasteiger partial charge is 0.132 e. The molecule has 3 aromatic rings. The second kappa shape index (κ2) is 7.84. The van der Waals surface area contributed by atoms with Crippen molar-refractivity contribution in [2.45, 2.75) is 43.1 Å². The summed E-state index contributed by atoms with van der Waals surface area (Å²) in [4.78, 5) is 5.43. The largest absolute Gasteiger partial charge is 0.357 e. The molecule has 1 aromatic heterocycles. The van der Waals surface area contributed by atoms with Crippen LogP contribution in [0.4, 0.5) is 8.78 Å². The van der Waals surface area contributed by atoms with Gasteiger partial charge in [-0.1, -0.05) is 41.1 Å². The van der Waals surface area contributed by atoms with Crippen LogP contribution in [0.15, 0.2) is 40.9 Å². The molecule has 0 bridgehead atoms. The van der Waals surface area contributed by atoms with E-state index in [1.807, 2.05) is 43.0 Å². The third kappa shape index (κ3) is 3.83. The van der Waals surface area contributed by atoms with Gasteiger partial charge in [0.1, 0.15) is 16.0 Å². The van der Waals surface area contributed by atoms with Crippen molar-refractivity contribution in [2.75, 3.05) is 6.54 Å². The Kier molecular flexibility index (Phi) is 5.71. The number of halogens is 5. The number of alkyl halides is 2. The summed E-state index contributed by atoms with van der Waals surface area (Å²) in [6, 6.07) is 9.88. The Balaban J connectivity index is 1.96. The van der Waals surface area contributed by atoms with Crippen LogP contribution in [-0.2, 0) is 6.42 Å². The van der Waals surface area contributed by atoms with Crippen LogP contribution in [0.3, 0.4) is 0 Å². The molecule has 0 saturated carbocycles. The van der Waals surface area contributed by atoms with Gasteiger partial charge >= 0.3 is 0 Å². The van der Waals surface area contributed by atoms with Crippen molar-refractivity contribution in [2.24, 2.45) is 0 Å². The highest BCUT2D eigenvalue weighted by Gasteiger charge is 2.41. The van der Waals surface area contributed by atoms with E-state index in [2.05, 4.69) is 20.9 Å². The normalized spacial score (nSPS) is 20.2. The van der Waals surface area contributed by atoms with E-state index in [4.69, 9.17) is 23.2 Å². The van der Waals surface area contributed by atoms with Gasteiger partial charge in [-0.2, -0.15) is 0 Å². The van der Waals surface area contributed by atoms with Crippen molar-refractivity contribution in [1.82, 2.24) is 9.88 Å². The van der Waals surface area contributed by atoms with Crippen LogP contribution in [-0.4, -0.2) is 26.8 Å². The van der Waals surface area contributed by atoms with Crippen LogP contribution < -0.4 is 0 Å². The van der Waals surface area contributed by atoms with Gasteiger partial charge in [-0.05, 0) is 43.5 Å². The van der Waals surface area contributed by atoms with Crippen molar-refractivity contribution in [3.63, 3.8) is 0 Å². The van der Waals surface area contributed by atoms with Crippen LogP contribution in [0, 0.1) is 11.6 Å². The Morgan fingerprint density at radius 1 is 1.21 bits per heavy atom. The van der Waals surface area contributed by atoms with E-state index in [0.717, 1.165) is 28.6 Å². The molecule has 0 radical (unpaired) electrons. The summed E-state index contributed by atoms with van der Waals surface area (Å²) >= 11 is 16.2. The molecule has 0 amide bonds. The summed E-state index contributed by atoms with van der Waals surface area (Å²) in [5, 5.41) is 1.08. The van der Waals surface area contributed by atoms with Crippen LogP contribution in [0.2, 0.25) is 0 Å². The lowest BCUT2D eigenvalue weighted by atomic mass is 9.88. The molecular formula is C22H21BrCl2F2N2. The summed E-state index contributed by atoms with van der Waals surface area (Å²) < 4.78 is 29.5. The maximum Gasteiger partial charge on any atom is 0.132 e. The van der Waals surface area contributed by atoms with Gasteiger partial charge < -0.3 is 4.98 Å². The van der Waals surface area contributed by atoms with E-state index in [-0.39, 0.29) is 11.6 Å². The molecule has 2 atom stereocenters. The second-order valence-corrected chi connectivity index (χ2v) is 10.2. The molecule has 1 aliphatic heterocycles. The number of H-pyrrole nitrogens is 1. The van der Waals surface area contributed by atoms with Crippen LogP contribution in [0.1, 0.15) is 43.1 Å². The lowest BCUT2D eigenvalue weighted by Gasteiger charge is -2.43. The topological polar surface area (TPSA) is 19.0 Å². The summed E-state index contributed by atoms with van der Waals surface area (Å²) in [5.74, 6) is -1.20. The minimum atomic E-state index is -1.02. The fourth-order valence-corrected chi connectivity index (χ4v) is 4.94. The quantitative estimate of drug-likeness (QED) is 0.377. The van der Waals surface area contributed by atoms with Crippen LogP contribution in [0.25, 0.3) is 10.9 Å².